The number of rotatable bonds is 7. The van der Waals surface area contributed by atoms with E-state index in [1.165, 1.54) is 37.0 Å². The van der Waals surface area contributed by atoms with E-state index in [1.807, 2.05) is 30.3 Å². The van der Waals surface area contributed by atoms with Gasteiger partial charge in [-0.3, -0.25) is 14.9 Å². The number of nitrogens with zero attached hydrogens (tertiary/aromatic N) is 2. The fourth-order valence-corrected chi connectivity index (χ4v) is 3.95. The van der Waals surface area contributed by atoms with Crippen LogP contribution in [-0.4, -0.2) is 28.1 Å². The molecule has 1 aliphatic carbocycles. The van der Waals surface area contributed by atoms with Gasteiger partial charge in [0.2, 0.25) is 16.9 Å². The number of hydrogen-bond donors (Lipinski definition) is 2. The molecule has 1 unspecified atom stereocenters. The van der Waals surface area contributed by atoms with Gasteiger partial charge in [0.15, 0.2) is 0 Å². The molecule has 0 aliphatic heterocycles. The largest absolute Gasteiger partial charge is 0.345 e. The molecule has 26 heavy (non-hydrogen) atoms. The molecule has 1 heterocycles. The minimum absolute atomic E-state index is 0.0678. The van der Waals surface area contributed by atoms with Gasteiger partial charge in [-0.05, 0) is 19.3 Å². The van der Waals surface area contributed by atoms with Crippen LogP contribution < -0.4 is 10.6 Å². The maximum atomic E-state index is 12.3. The van der Waals surface area contributed by atoms with Crippen molar-refractivity contribution in [3.05, 3.63) is 30.3 Å². The highest BCUT2D eigenvalue weighted by Crippen LogP contribution is 2.28. The molecule has 1 atom stereocenters. The standard InChI is InChI=1S/C19H24N4O2S/c1-13(20-16(24)12-11-14-7-5-6-8-14)17(25)21-19-23-22-18(26-19)15-9-3-2-4-10-15/h2-4,9-10,13-14H,5-8,11-12H2,1H3,(H,20,24)(H,21,23,25). The van der Waals surface area contributed by atoms with Crippen LogP contribution in [0.25, 0.3) is 10.6 Å². The predicted octanol–water partition coefficient (Wildman–Crippen LogP) is 3.62. The molecule has 0 bridgehead atoms. The summed E-state index contributed by atoms with van der Waals surface area (Å²) in [4.78, 5) is 24.3. The molecular formula is C19H24N4O2S. The first-order valence-corrected chi connectivity index (χ1v) is 9.92. The topological polar surface area (TPSA) is 84.0 Å². The summed E-state index contributed by atoms with van der Waals surface area (Å²) in [5.74, 6) is 0.319. The lowest BCUT2D eigenvalue weighted by Gasteiger charge is -2.14. The third kappa shape index (κ3) is 5.11. The lowest BCUT2D eigenvalue weighted by molar-refractivity contribution is -0.126. The lowest BCUT2D eigenvalue weighted by Crippen LogP contribution is -2.41. The maximum Gasteiger partial charge on any atom is 0.248 e. The molecule has 7 heteroatoms. The summed E-state index contributed by atoms with van der Waals surface area (Å²) in [6.45, 7) is 1.68. The molecular weight excluding hydrogens is 348 g/mol. The van der Waals surface area contributed by atoms with E-state index in [4.69, 9.17) is 0 Å². The van der Waals surface area contributed by atoms with Gasteiger partial charge in [0.1, 0.15) is 11.0 Å². The van der Waals surface area contributed by atoms with Gasteiger partial charge in [-0.2, -0.15) is 0 Å². The van der Waals surface area contributed by atoms with E-state index < -0.39 is 6.04 Å². The van der Waals surface area contributed by atoms with Crippen LogP contribution in [0.1, 0.15) is 45.4 Å². The number of carbonyl (C=O) groups excluding carboxylic acids is 2. The van der Waals surface area contributed by atoms with Crippen LogP contribution in [0, 0.1) is 5.92 Å². The zero-order valence-corrected chi connectivity index (χ0v) is 15.7. The smallest absolute Gasteiger partial charge is 0.248 e. The molecule has 138 valence electrons. The van der Waals surface area contributed by atoms with E-state index in [0.29, 0.717) is 17.5 Å². The van der Waals surface area contributed by atoms with Crippen LogP contribution in [0.5, 0.6) is 0 Å². The fraction of sp³-hybridized carbons (Fsp3) is 0.474. The highest BCUT2D eigenvalue weighted by atomic mass is 32.1. The van der Waals surface area contributed by atoms with E-state index in [2.05, 4.69) is 20.8 Å². The Balaban J connectivity index is 1.46. The molecule has 2 aromatic rings. The van der Waals surface area contributed by atoms with Gasteiger partial charge in [0.25, 0.3) is 0 Å². The van der Waals surface area contributed by atoms with Crippen molar-refractivity contribution in [3.63, 3.8) is 0 Å². The summed E-state index contributed by atoms with van der Waals surface area (Å²) in [5.41, 5.74) is 0.957. The molecule has 1 saturated carbocycles. The number of aromatic nitrogens is 2. The van der Waals surface area contributed by atoms with Crippen LogP contribution in [0.15, 0.2) is 30.3 Å². The Kier molecular flexibility index (Phi) is 6.33. The first kappa shape index (κ1) is 18.5. The van der Waals surface area contributed by atoms with Gasteiger partial charge >= 0.3 is 0 Å². The Morgan fingerprint density at radius 2 is 1.92 bits per heavy atom. The van der Waals surface area contributed by atoms with E-state index in [-0.39, 0.29) is 11.8 Å². The Bertz CT molecular complexity index is 741. The average molecular weight is 372 g/mol. The van der Waals surface area contributed by atoms with Gasteiger partial charge in [0, 0.05) is 12.0 Å². The first-order chi connectivity index (χ1) is 12.6. The van der Waals surface area contributed by atoms with Crippen molar-refractivity contribution in [2.45, 2.75) is 51.5 Å². The van der Waals surface area contributed by atoms with Crippen LogP contribution in [0.3, 0.4) is 0 Å². The van der Waals surface area contributed by atoms with Crippen molar-refractivity contribution >= 4 is 28.3 Å². The summed E-state index contributed by atoms with van der Waals surface area (Å²) in [5, 5.41) is 14.8. The zero-order valence-electron chi connectivity index (χ0n) is 14.9. The minimum Gasteiger partial charge on any atom is -0.345 e. The van der Waals surface area contributed by atoms with Crippen molar-refractivity contribution in [3.8, 4) is 10.6 Å². The maximum absolute atomic E-state index is 12.3. The van der Waals surface area contributed by atoms with Gasteiger partial charge in [-0.15, -0.1) is 10.2 Å². The third-order valence-electron chi connectivity index (χ3n) is 4.70. The fourth-order valence-electron chi connectivity index (χ4n) is 3.20. The van der Waals surface area contributed by atoms with E-state index in [0.717, 1.165) is 17.0 Å². The van der Waals surface area contributed by atoms with Gasteiger partial charge < -0.3 is 5.32 Å². The number of hydrogen-bond acceptors (Lipinski definition) is 5. The Morgan fingerprint density at radius 1 is 1.19 bits per heavy atom. The predicted molar refractivity (Wildman–Crippen MR) is 103 cm³/mol. The molecule has 1 aromatic carbocycles. The van der Waals surface area contributed by atoms with Crippen LogP contribution in [0.4, 0.5) is 5.13 Å². The molecule has 2 amide bonds. The summed E-state index contributed by atoms with van der Waals surface area (Å²) in [6, 6.07) is 9.08. The lowest BCUT2D eigenvalue weighted by atomic mass is 10.0. The SMILES string of the molecule is CC(NC(=O)CCC1CCCC1)C(=O)Nc1nnc(-c2ccccc2)s1. The number of carbonyl (C=O) groups is 2. The second-order valence-electron chi connectivity index (χ2n) is 6.75. The molecule has 0 spiro atoms. The van der Waals surface area contributed by atoms with Crippen molar-refractivity contribution in [2.75, 3.05) is 5.32 Å². The Hall–Kier alpha value is -2.28. The zero-order chi connectivity index (χ0) is 18.4. The monoisotopic (exact) mass is 372 g/mol. The normalized spacial score (nSPS) is 15.6. The average Bonchev–Trinajstić information content (AvgIpc) is 3.32. The molecule has 3 rings (SSSR count). The first-order valence-electron chi connectivity index (χ1n) is 9.11. The van der Waals surface area contributed by atoms with Crippen LogP contribution in [0.2, 0.25) is 0 Å². The van der Waals surface area contributed by atoms with Crippen molar-refractivity contribution < 1.29 is 9.59 Å². The quantitative estimate of drug-likeness (QED) is 0.777. The number of amides is 2. The Labute approximate surface area is 157 Å². The highest BCUT2D eigenvalue weighted by molar-refractivity contribution is 7.18. The summed E-state index contributed by atoms with van der Waals surface area (Å²) in [6.07, 6.45) is 6.40. The van der Waals surface area contributed by atoms with Crippen molar-refractivity contribution in [1.29, 1.82) is 0 Å². The molecule has 1 aromatic heterocycles. The van der Waals surface area contributed by atoms with E-state index in [9.17, 15) is 9.59 Å². The number of anilines is 1. The summed E-state index contributed by atoms with van der Waals surface area (Å²) < 4.78 is 0. The van der Waals surface area contributed by atoms with Crippen LogP contribution >= 0.6 is 11.3 Å². The van der Waals surface area contributed by atoms with Crippen molar-refractivity contribution in [2.24, 2.45) is 5.92 Å². The highest BCUT2D eigenvalue weighted by Gasteiger charge is 2.20. The van der Waals surface area contributed by atoms with E-state index >= 15 is 0 Å². The molecule has 6 nitrogen and oxygen atoms in total. The third-order valence-corrected chi connectivity index (χ3v) is 5.59. The number of benzene rings is 1. The Morgan fingerprint density at radius 3 is 2.65 bits per heavy atom. The summed E-state index contributed by atoms with van der Waals surface area (Å²) >= 11 is 1.31. The molecule has 2 N–H and O–H groups in total. The van der Waals surface area contributed by atoms with Gasteiger partial charge in [-0.25, -0.2) is 0 Å². The number of nitrogens with one attached hydrogen (secondary N) is 2. The molecule has 0 radical (unpaired) electrons. The second-order valence-corrected chi connectivity index (χ2v) is 7.72. The molecule has 0 saturated heterocycles. The van der Waals surface area contributed by atoms with Crippen molar-refractivity contribution in [1.82, 2.24) is 15.5 Å². The second kappa shape index (κ2) is 8.89. The van der Waals surface area contributed by atoms with E-state index in [1.54, 1.807) is 6.92 Å². The minimum atomic E-state index is -0.602. The van der Waals surface area contributed by atoms with Gasteiger partial charge in [-0.1, -0.05) is 67.4 Å². The molecule has 1 aliphatic rings. The summed E-state index contributed by atoms with van der Waals surface area (Å²) in [7, 11) is 0. The molecule has 1 fully saturated rings. The van der Waals surface area contributed by atoms with Gasteiger partial charge in [0.05, 0.1) is 0 Å². The van der Waals surface area contributed by atoms with Crippen LogP contribution in [-0.2, 0) is 9.59 Å².